The van der Waals surface area contributed by atoms with Crippen molar-refractivity contribution in [1.82, 2.24) is 10.2 Å². The van der Waals surface area contributed by atoms with Crippen LogP contribution >= 0.6 is 0 Å². The van der Waals surface area contributed by atoms with E-state index in [0.717, 1.165) is 13.2 Å². The Hall–Kier alpha value is -0.0800. The molecule has 1 fully saturated rings. The highest BCUT2D eigenvalue weighted by molar-refractivity contribution is 4.88. The summed E-state index contributed by atoms with van der Waals surface area (Å²) < 4.78 is 0. The van der Waals surface area contributed by atoms with Crippen molar-refractivity contribution in [2.45, 2.75) is 46.6 Å². The highest BCUT2D eigenvalue weighted by atomic mass is 15.3. The minimum absolute atomic E-state index is 0.335. The predicted octanol–water partition coefficient (Wildman–Crippen LogP) is 2.06. The molecule has 1 rings (SSSR count). The van der Waals surface area contributed by atoms with Gasteiger partial charge in [-0.15, -0.1) is 0 Å². The van der Waals surface area contributed by atoms with Gasteiger partial charge in [-0.1, -0.05) is 20.8 Å². The summed E-state index contributed by atoms with van der Waals surface area (Å²) in [5.41, 5.74) is 0.758. The van der Waals surface area contributed by atoms with E-state index in [1.54, 1.807) is 0 Å². The molecule has 13 heavy (non-hydrogen) atoms. The van der Waals surface area contributed by atoms with E-state index in [9.17, 15) is 0 Å². The van der Waals surface area contributed by atoms with E-state index < -0.39 is 0 Å². The SMILES string of the molecule is CC(C)(C)CC(C)(C)N1CCNC1. The molecule has 2 heteroatoms. The first-order chi connectivity index (χ1) is 5.81. The zero-order valence-corrected chi connectivity index (χ0v) is 9.78. The summed E-state index contributed by atoms with van der Waals surface area (Å²) in [6.07, 6.45) is 1.25. The van der Waals surface area contributed by atoms with E-state index >= 15 is 0 Å². The van der Waals surface area contributed by atoms with Crippen molar-refractivity contribution >= 4 is 0 Å². The highest BCUT2D eigenvalue weighted by Crippen LogP contribution is 2.31. The Morgan fingerprint density at radius 3 is 2.15 bits per heavy atom. The molecule has 0 saturated carbocycles. The molecule has 0 spiro atoms. The molecule has 1 heterocycles. The first kappa shape index (κ1) is 11.0. The molecule has 2 nitrogen and oxygen atoms in total. The molecule has 0 aliphatic carbocycles. The van der Waals surface area contributed by atoms with Gasteiger partial charge in [0, 0.05) is 25.3 Å². The molecule has 0 amide bonds. The lowest BCUT2D eigenvalue weighted by Gasteiger charge is -2.39. The Labute approximate surface area is 82.7 Å². The zero-order chi connectivity index (χ0) is 10.1. The normalized spacial score (nSPS) is 21.0. The Balaban J connectivity index is 2.53. The third kappa shape index (κ3) is 3.28. The number of nitrogens with zero attached hydrogens (tertiary/aromatic N) is 1. The number of rotatable bonds is 2. The van der Waals surface area contributed by atoms with Crippen LogP contribution in [0.1, 0.15) is 41.0 Å². The van der Waals surface area contributed by atoms with Gasteiger partial charge in [0.05, 0.1) is 0 Å². The van der Waals surface area contributed by atoms with Gasteiger partial charge in [0.1, 0.15) is 0 Å². The minimum Gasteiger partial charge on any atom is -0.303 e. The third-order valence-electron chi connectivity index (χ3n) is 2.68. The van der Waals surface area contributed by atoms with Gasteiger partial charge in [-0.2, -0.15) is 0 Å². The lowest BCUT2D eigenvalue weighted by molar-refractivity contribution is 0.101. The van der Waals surface area contributed by atoms with Crippen molar-refractivity contribution in [3.05, 3.63) is 0 Å². The van der Waals surface area contributed by atoms with Crippen molar-refractivity contribution in [2.75, 3.05) is 19.8 Å². The molecule has 1 saturated heterocycles. The lowest BCUT2D eigenvalue weighted by atomic mass is 9.81. The van der Waals surface area contributed by atoms with E-state index in [1.807, 2.05) is 0 Å². The van der Waals surface area contributed by atoms with Gasteiger partial charge in [0.15, 0.2) is 0 Å². The molecular weight excluding hydrogens is 160 g/mol. The number of hydrogen-bond donors (Lipinski definition) is 1. The average Bonchev–Trinajstić information content (AvgIpc) is 2.29. The fraction of sp³-hybridized carbons (Fsp3) is 1.00. The lowest BCUT2D eigenvalue weighted by Crippen LogP contribution is -2.45. The molecule has 0 aromatic rings. The molecule has 1 aliphatic heterocycles. The van der Waals surface area contributed by atoms with Gasteiger partial charge in [-0.25, -0.2) is 0 Å². The van der Waals surface area contributed by atoms with Crippen LogP contribution in [0.5, 0.6) is 0 Å². The molecule has 0 unspecified atom stereocenters. The monoisotopic (exact) mass is 184 g/mol. The van der Waals surface area contributed by atoms with Crippen molar-refractivity contribution in [1.29, 1.82) is 0 Å². The van der Waals surface area contributed by atoms with Crippen LogP contribution in [0, 0.1) is 5.41 Å². The van der Waals surface area contributed by atoms with Crippen LogP contribution in [-0.4, -0.2) is 30.2 Å². The smallest absolute Gasteiger partial charge is 0.0486 e. The summed E-state index contributed by atoms with van der Waals surface area (Å²) in [5.74, 6) is 0. The zero-order valence-electron chi connectivity index (χ0n) is 9.78. The summed E-state index contributed by atoms with van der Waals surface area (Å²) in [6, 6.07) is 0. The molecule has 1 N–H and O–H groups in total. The fourth-order valence-corrected chi connectivity index (χ4v) is 2.43. The third-order valence-corrected chi connectivity index (χ3v) is 2.68. The second-order valence-electron chi connectivity index (χ2n) is 5.97. The van der Waals surface area contributed by atoms with E-state index in [-0.39, 0.29) is 0 Å². The van der Waals surface area contributed by atoms with Crippen LogP contribution in [0.15, 0.2) is 0 Å². The van der Waals surface area contributed by atoms with Crippen LogP contribution in [-0.2, 0) is 0 Å². The standard InChI is InChI=1S/C11H24N2/c1-10(2,3)8-11(4,5)13-7-6-12-9-13/h12H,6-9H2,1-5H3. The Bertz CT molecular complexity index is 161. The van der Waals surface area contributed by atoms with Crippen molar-refractivity contribution in [3.8, 4) is 0 Å². The summed E-state index contributed by atoms with van der Waals surface area (Å²) >= 11 is 0. The molecule has 0 radical (unpaired) electrons. The summed E-state index contributed by atoms with van der Waals surface area (Å²) in [6.45, 7) is 15.1. The van der Waals surface area contributed by atoms with E-state index in [2.05, 4.69) is 44.8 Å². The van der Waals surface area contributed by atoms with Crippen LogP contribution in [0.3, 0.4) is 0 Å². The maximum Gasteiger partial charge on any atom is 0.0486 e. The van der Waals surface area contributed by atoms with Crippen LogP contribution in [0.2, 0.25) is 0 Å². The van der Waals surface area contributed by atoms with Gasteiger partial charge < -0.3 is 5.32 Å². The van der Waals surface area contributed by atoms with Crippen molar-refractivity contribution in [3.63, 3.8) is 0 Å². The largest absolute Gasteiger partial charge is 0.303 e. The number of nitrogens with one attached hydrogen (secondary N) is 1. The molecule has 78 valence electrons. The van der Waals surface area contributed by atoms with E-state index in [1.165, 1.54) is 13.0 Å². The quantitative estimate of drug-likeness (QED) is 0.706. The molecule has 1 aliphatic rings. The van der Waals surface area contributed by atoms with E-state index in [4.69, 9.17) is 0 Å². The summed E-state index contributed by atoms with van der Waals surface area (Å²) in [5, 5.41) is 3.39. The van der Waals surface area contributed by atoms with Gasteiger partial charge in [-0.3, -0.25) is 4.90 Å². The van der Waals surface area contributed by atoms with Crippen LogP contribution in [0.4, 0.5) is 0 Å². The molecule has 0 bridgehead atoms. The molecular formula is C11H24N2. The van der Waals surface area contributed by atoms with Crippen molar-refractivity contribution in [2.24, 2.45) is 5.41 Å². The Morgan fingerprint density at radius 1 is 1.15 bits per heavy atom. The second-order valence-corrected chi connectivity index (χ2v) is 5.97. The molecule has 0 aromatic carbocycles. The van der Waals surface area contributed by atoms with Crippen LogP contribution < -0.4 is 5.32 Å². The average molecular weight is 184 g/mol. The van der Waals surface area contributed by atoms with Crippen LogP contribution in [0.25, 0.3) is 0 Å². The molecule has 0 aromatic heterocycles. The minimum atomic E-state index is 0.335. The predicted molar refractivity (Wildman–Crippen MR) is 57.7 cm³/mol. The van der Waals surface area contributed by atoms with Gasteiger partial charge >= 0.3 is 0 Å². The molecule has 0 atom stereocenters. The first-order valence-corrected chi connectivity index (χ1v) is 5.27. The topological polar surface area (TPSA) is 15.3 Å². The second kappa shape index (κ2) is 3.58. The summed E-state index contributed by atoms with van der Waals surface area (Å²) in [4.78, 5) is 2.54. The van der Waals surface area contributed by atoms with Crippen molar-refractivity contribution < 1.29 is 0 Å². The van der Waals surface area contributed by atoms with E-state index in [0.29, 0.717) is 11.0 Å². The first-order valence-electron chi connectivity index (χ1n) is 5.27. The summed E-state index contributed by atoms with van der Waals surface area (Å²) in [7, 11) is 0. The van der Waals surface area contributed by atoms with Gasteiger partial charge in [0.2, 0.25) is 0 Å². The maximum atomic E-state index is 3.39. The fourth-order valence-electron chi connectivity index (χ4n) is 2.43. The highest BCUT2D eigenvalue weighted by Gasteiger charge is 2.32. The maximum absolute atomic E-state index is 3.39. The van der Waals surface area contributed by atoms with Gasteiger partial charge in [-0.05, 0) is 25.7 Å². The Morgan fingerprint density at radius 2 is 1.77 bits per heavy atom. The van der Waals surface area contributed by atoms with Gasteiger partial charge in [0.25, 0.3) is 0 Å². The number of hydrogen-bond acceptors (Lipinski definition) is 2. The Kier molecular flexibility index (Phi) is 3.03.